The van der Waals surface area contributed by atoms with Crippen molar-refractivity contribution >= 4 is 29.8 Å². The van der Waals surface area contributed by atoms with Crippen LogP contribution >= 0.6 is 0 Å². The van der Waals surface area contributed by atoms with Gasteiger partial charge in [-0.05, 0) is 41.0 Å². The van der Waals surface area contributed by atoms with Gasteiger partial charge in [-0.25, -0.2) is 9.59 Å². The number of halogens is 3. The summed E-state index contributed by atoms with van der Waals surface area (Å²) in [6, 6.07) is 13.6. The van der Waals surface area contributed by atoms with Crippen LogP contribution in [-0.2, 0) is 46.2 Å². The van der Waals surface area contributed by atoms with E-state index in [2.05, 4.69) is 15.4 Å². The summed E-state index contributed by atoms with van der Waals surface area (Å²) in [7, 11) is 0. The number of ether oxygens (including phenoxy) is 4. The fourth-order valence-corrected chi connectivity index (χ4v) is 5.65. The molecule has 1 aliphatic heterocycles. The summed E-state index contributed by atoms with van der Waals surface area (Å²) < 4.78 is 59.6. The van der Waals surface area contributed by atoms with Crippen molar-refractivity contribution in [2.75, 3.05) is 26.3 Å². The van der Waals surface area contributed by atoms with E-state index in [1.54, 1.807) is 6.08 Å². The number of aliphatic hydroxyl groups excluding tert-OH is 1. The SMILES string of the molecule is O=C(CCNC(=O)C1=CC2OC3(Cc4ccccc4C3)OC2C(OC(=O)c2ccc(C=CC(=O)OCC(F)(F)F)cc2)C1)NCCO. The molecule has 2 aromatic carbocycles. The number of nitrogens with one attached hydrogen (secondary N) is 2. The maximum atomic E-state index is 13.3. The first-order valence-electron chi connectivity index (χ1n) is 15.0. The molecule has 250 valence electrons. The largest absolute Gasteiger partial charge is 0.456 e. The minimum Gasteiger partial charge on any atom is -0.456 e. The van der Waals surface area contributed by atoms with E-state index in [-0.39, 0.29) is 44.0 Å². The molecule has 0 saturated carbocycles. The van der Waals surface area contributed by atoms with Gasteiger partial charge in [0.2, 0.25) is 11.8 Å². The highest BCUT2D eigenvalue weighted by Gasteiger charge is 2.55. The first-order chi connectivity index (χ1) is 22.4. The van der Waals surface area contributed by atoms with Crippen molar-refractivity contribution in [3.8, 4) is 0 Å². The van der Waals surface area contributed by atoms with Crippen molar-refractivity contribution in [1.29, 1.82) is 0 Å². The number of rotatable bonds is 11. The van der Waals surface area contributed by atoms with Gasteiger partial charge in [0.05, 0.1) is 12.2 Å². The van der Waals surface area contributed by atoms with E-state index in [1.165, 1.54) is 30.3 Å². The van der Waals surface area contributed by atoms with Gasteiger partial charge in [-0.15, -0.1) is 0 Å². The molecule has 3 N–H and O–H groups in total. The van der Waals surface area contributed by atoms with Gasteiger partial charge in [0.25, 0.3) is 0 Å². The second-order valence-corrected chi connectivity index (χ2v) is 11.3. The lowest BCUT2D eigenvalue weighted by Gasteiger charge is -2.30. The molecule has 3 unspecified atom stereocenters. The van der Waals surface area contributed by atoms with Crippen LogP contribution in [0.1, 0.15) is 39.9 Å². The van der Waals surface area contributed by atoms with Gasteiger partial charge in [-0.2, -0.15) is 13.2 Å². The van der Waals surface area contributed by atoms with E-state index in [0.29, 0.717) is 24.0 Å². The lowest BCUT2D eigenvalue weighted by Crippen LogP contribution is -2.44. The molecule has 47 heavy (non-hydrogen) atoms. The number of esters is 2. The normalized spacial score (nSPS) is 21.1. The molecule has 2 amide bonds. The number of amides is 2. The Morgan fingerprint density at radius 3 is 2.34 bits per heavy atom. The van der Waals surface area contributed by atoms with Gasteiger partial charge in [0, 0.05) is 50.4 Å². The number of benzene rings is 2. The summed E-state index contributed by atoms with van der Waals surface area (Å²) in [5, 5.41) is 14.1. The summed E-state index contributed by atoms with van der Waals surface area (Å²) in [4.78, 5) is 49.8. The van der Waals surface area contributed by atoms with E-state index >= 15 is 0 Å². The van der Waals surface area contributed by atoms with Crippen LogP contribution in [0.2, 0.25) is 0 Å². The Balaban J connectivity index is 1.26. The monoisotopic (exact) mass is 658 g/mol. The van der Waals surface area contributed by atoms with Crippen LogP contribution in [0.25, 0.3) is 6.08 Å². The predicted molar refractivity (Wildman–Crippen MR) is 158 cm³/mol. The first-order valence-corrected chi connectivity index (χ1v) is 15.0. The van der Waals surface area contributed by atoms with Gasteiger partial charge in [0.15, 0.2) is 12.4 Å². The summed E-state index contributed by atoms with van der Waals surface area (Å²) >= 11 is 0. The number of hydrogen-bond donors (Lipinski definition) is 3. The fraction of sp³-hybridized carbons (Fsp3) is 0.394. The molecule has 5 rings (SSSR count). The number of hydrogen-bond acceptors (Lipinski definition) is 9. The smallest absolute Gasteiger partial charge is 0.422 e. The van der Waals surface area contributed by atoms with E-state index in [1.807, 2.05) is 24.3 Å². The van der Waals surface area contributed by atoms with Crippen molar-refractivity contribution in [2.24, 2.45) is 0 Å². The third kappa shape index (κ3) is 8.84. The first kappa shape index (κ1) is 33.8. The van der Waals surface area contributed by atoms with E-state index in [0.717, 1.165) is 17.2 Å². The van der Waals surface area contributed by atoms with E-state index < -0.39 is 54.7 Å². The third-order valence-corrected chi connectivity index (χ3v) is 7.77. The molecule has 0 bridgehead atoms. The maximum Gasteiger partial charge on any atom is 0.422 e. The fourth-order valence-electron chi connectivity index (χ4n) is 5.65. The highest BCUT2D eigenvalue weighted by molar-refractivity contribution is 5.94. The number of alkyl halides is 3. The molecule has 3 aliphatic rings. The summed E-state index contributed by atoms with van der Waals surface area (Å²) in [5.74, 6) is -3.66. The average molecular weight is 659 g/mol. The van der Waals surface area contributed by atoms with Crippen LogP contribution in [0, 0.1) is 0 Å². The molecular weight excluding hydrogens is 625 g/mol. The van der Waals surface area contributed by atoms with Crippen molar-refractivity contribution in [3.05, 3.63) is 88.5 Å². The minimum absolute atomic E-state index is 0.00436. The molecule has 14 heteroatoms. The maximum absolute atomic E-state index is 13.3. The Morgan fingerprint density at radius 2 is 1.68 bits per heavy atom. The van der Waals surface area contributed by atoms with Crippen LogP contribution in [-0.4, -0.2) is 85.4 Å². The zero-order valence-electron chi connectivity index (χ0n) is 25.1. The molecule has 0 aromatic heterocycles. The van der Waals surface area contributed by atoms with Gasteiger partial charge >= 0.3 is 18.1 Å². The predicted octanol–water partition coefficient (Wildman–Crippen LogP) is 2.55. The summed E-state index contributed by atoms with van der Waals surface area (Å²) in [6.07, 6.45) is -2.22. The average Bonchev–Trinajstić information content (AvgIpc) is 3.59. The Kier molecular flexibility index (Phi) is 10.4. The number of aliphatic hydroxyl groups is 1. The van der Waals surface area contributed by atoms with E-state index in [4.69, 9.17) is 19.3 Å². The van der Waals surface area contributed by atoms with Crippen LogP contribution in [0.15, 0.2) is 66.3 Å². The lowest BCUT2D eigenvalue weighted by atomic mass is 9.91. The van der Waals surface area contributed by atoms with Crippen LogP contribution in [0.5, 0.6) is 0 Å². The molecule has 1 fully saturated rings. The molecule has 3 atom stereocenters. The molecule has 1 heterocycles. The van der Waals surface area contributed by atoms with Crippen molar-refractivity contribution in [3.63, 3.8) is 0 Å². The summed E-state index contributed by atoms with van der Waals surface area (Å²) in [6.45, 7) is -1.75. The minimum atomic E-state index is -4.64. The zero-order valence-corrected chi connectivity index (χ0v) is 25.1. The Hall–Kier alpha value is -4.53. The standard InChI is InChI=1S/C33H33F3N2O9/c34-33(35,36)19-44-28(41)10-7-20-5-8-21(9-6-20)31(43)45-25-15-24(30(42)38-12-11-27(40)37-13-14-39)16-26-29(25)47-32(46-26)17-22-3-1-2-4-23(22)18-32/h1-10,16,25-26,29,39H,11-15,17-19H2,(H,37,40)(H,38,42). The van der Waals surface area contributed by atoms with Crippen molar-refractivity contribution in [2.45, 2.75) is 56.0 Å². The van der Waals surface area contributed by atoms with E-state index in [9.17, 15) is 32.3 Å². The molecule has 1 spiro atoms. The van der Waals surface area contributed by atoms with Gasteiger partial charge in [-0.3, -0.25) is 9.59 Å². The van der Waals surface area contributed by atoms with Crippen LogP contribution in [0.3, 0.4) is 0 Å². The Labute approximate surface area is 267 Å². The third-order valence-electron chi connectivity index (χ3n) is 7.77. The van der Waals surface area contributed by atoms with Gasteiger partial charge in [0.1, 0.15) is 18.3 Å². The number of carbonyl (C=O) groups excluding carboxylic acids is 4. The van der Waals surface area contributed by atoms with Crippen molar-refractivity contribution in [1.82, 2.24) is 10.6 Å². The number of fused-ring (bicyclic) bond motifs is 2. The van der Waals surface area contributed by atoms with Gasteiger partial charge < -0.3 is 34.7 Å². The Morgan fingerprint density at radius 1 is 0.979 bits per heavy atom. The molecular formula is C33H33F3N2O9. The van der Waals surface area contributed by atoms with Crippen LogP contribution in [0.4, 0.5) is 13.2 Å². The highest BCUT2D eigenvalue weighted by atomic mass is 19.4. The lowest BCUT2D eigenvalue weighted by molar-refractivity contribution is -0.182. The quantitative estimate of drug-likeness (QED) is 0.245. The molecule has 2 aromatic rings. The summed E-state index contributed by atoms with van der Waals surface area (Å²) in [5.41, 5.74) is 3.02. The topological polar surface area (TPSA) is 149 Å². The number of carbonyl (C=O) groups is 4. The second-order valence-electron chi connectivity index (χ2n) is 11.3. The zero-order chi connectivity index (χ0) is 33.6. The molecule has 1 saturated heterocycles. The molecule has 11 nitrogen and oxygen atoms in total. The highest BCUT2D eigenvalue weighted by Crippen LogP contribution is 2.45. The van der Waals surface area contributed by atoms with Crippen LogP contribution < -0.4 is 10.6 Å². The molecule has 0 radical (unpaired) electrons. The molecule has 2 aliphatic carbocycles. The second kappa shape index (κ2) is 14.5. The van der Waals surface area contributed by atoms with Gasteiger partial charge in [-0.1, -0.05) is 36.4 Å². The van der Waals surface area contributed by atoms with Crippen molar-refractivity contribution < 1.29 is 56.4 Å². The Bertz CT molecular complexity index is 1530.